The lowest BCUT2D eigenvalue weighted by Crippen LogP contribution is -2.31. The number of nitrogens with one attached hydrogen (secondary N) is 1. The van der Waals surface area contributed by atoms with E-state index in [1.165, 1.54) is 0 Å². The summed E-state index contributed by atoms with van der Waals surface area (Å²) in [6.45, 7) is 2.36. The SMILES string of the molecule is Cc1cc(N=C(N)N)ccc1C(=O)Oc1ccc2c(c1)CCNC2=O. The average Bonchev–Trinajstić information content (AvgIpc) is 2.54. The van der Waals surface area contributed by atoms with Gasteiger partial charge in [0.1, 0.15) is 5.75 Å². The standard InChI is InChI=1S/C18H18N4O3/c1-10-8-12(22-18(19)20)2-4-14(10)17(24)25-13-3-5-15-11(9-13)6-7-21-16(15)23/h2-5,8-9H,6-7H2,1H3,(H,21,23)(H4,19,20,22). The molecule has 0 bridgehead atoms. The maximum Gasteiger partial charge on any atom is 0.343 e. The second-order valence-electron chi connectivity index (χ2n) is 5.75. The number of amides is 1. The van der Waals surface area contributed by atoms with Gasteiger partial charge in [-0.25, -0.2) is 9.79 Å². The smallest absolute Gasteiger partial charge is 0.343 e. The van der Waals surface area contributed by atoms with Crippen molar-refractivity contribution in [3.8, 4) is 5.75 Å². The molecular weight excluding hydrogens is 320 g/mol. The number of nitrogens with zero attached hydrogens (tertiary/aromatic N) is 1. The molecule has 0 spiro atoms. The summed E-state index contributed by atoms with van der Waals surface area (Å²) in [4.78, 5) is 28.1. The topological polar surface area (TPSA) is 120 Å². The highest BCUT2D eigenvalue weighted by Crippen LogP contribution is 2.23. The van der Waals surface area contributed by atoms with E-state index in [0.29, 0.717) is 41.1 Å². The minimum absolute atomic E-state index is 0.0483. The molecule has 0 atom stereocenters. The van der Waals surface area contributed by atoms with Crippen molar-refractivity contribution in [1.82, 2.24) is 5.32 Å². The predicted molar refractivity (Wildman–Crippen MR) is 94.1 cm³/mol. The molecule has 5 N–H and O–H groups in total. The summed E-state index contributed by atoms with van der Waals surface area (Å²) in [5, 5.41) is 2.78. The van der Waals surface area contributed by atoms with Crippen LogP contribution in [0.1, 0.15) is 31.8 Å². The highest BCUT2D eigenvalue weighted by Gasteiger charge is 2.18. The van der Waals surface area contributed by atoms with Crippen molar-refractivity contribution in [2.75, 3.05) is 6.54 Å². The summed E-state index contributed by atoms with van der Waals surface area (Å²) in [5.74, 6) is -0.224. The zero-order chi connectivity index (χ0) is 18.0. The Kier molecular flexibility index (Phi) is 4.38. The van der Waals surface area contributed by atoms with E-state index in [1.807, 2.05) is 0 Å². The van der Waals surface area contributed by atoms with Gasteiger partial charge in [0.25, 0.3) is 5.91 Å². The Balaban J connectivity index is 1.81. The molecule has 2 aromatic rings. The summed E-state index contributed by atoms with van der Waals surface area (Å²) in [6.07, 6.45) is 0.707. The van der Waals surface area contributed by atoms with Gasteiger partial charge in [0.15, 0.2) is 5.96 Å². The molecule has 0 saturated carbocycles. The summed E-state index contributed by atoms with van der Waals surface area (Å²) in [7, 11) is 0. The lowest BCUT2D eigenvalue weighted by molar-refractivity contribution is 0.0734. The van der Waals surface area contributed by atoms with Gasteiger partial charge in [0.05, 0.1) is 11.3 Å². The Morgan fingerprint density at radius 3 is 2.72 bits per heavy atom. The number of guanidine groups is 1. The van der Waals surface area contributed by atoms with E-state index in [-0.39, 0.29) is 11.9 Å². The number of aliphatic imine (C=N–C) groups is 1. The van der Waals surface area contributed by atoms with Gasteiger partial charge in [-0.2, -0.15) is 0 Å². The van der Waals surface area contributed by atoms with Gasteiger partial charge in [-0.3, -0.25) is 4.79 Å². The number of carbonyl (C=O) groups is 2. The summed E-state index contributed by atoms with van der Waals surface area (Å²) < 4.78 is 5.45. The number of fused-ring (bicyclic) bond motifs is 1. The molecule has 0 fully saturated rings. The van der Waals surface area contributed by atoms with Crippen molar-refractivity contribution in [2.45, 2.75) is 13.3 Å². The first-order valence-corrected chi connectivity index (χ1v) is 7.77. The lowest BCUT2D eigenvalue weighted by Gasteiger charge is -2.17. The quantitative estimate of drug-likeness (QED) is 0.338. The molecule has 128 valence electrons. The van der Waals surface area contributed by atoms with Gasteiger partial charge in [-0.1, -0.05) is 0 Å². The maximum absolute atomic E-state index is 12.4. The molecule has 7 nitrogen and oxygen atoms in total. The number of esters is 1. The zero-order valence-corrected chi connectivity index (χ0v) is 13.7. The molecule has 1 heterocycles. The third-order valence-corrected chi connectivity index (χ3v) is 3.90. The van der Waals surface area contributed by atoms with Gasteiger partial charge in [0.2, 0.25) is 0 Å². The monoisotopic (exact) mass is 338 g/mol. The minimum Gasteiger partial charge on any atom is -0.423 e. The number of hydrogen-bond donors (Lipinski definition) is 3. The van der Waals surface area contributed by atoms with Crippen LogP contribution >= 0.6 is 0 Å². The Labute approximate surface area is 144 Å². The minimum atomic E-state index is -0.478. The Morgan fingerprint density at radius 1 is 1.20 bits per heavy atom. The Morgan fingerprint density at radius 2 is 2.00 bits per heavy atom. The third kappa shape index (κ3) is 3.60. The summed E-state index contributed by atoms with van der Waals surface area (Å²) in [6, 6.07) is 9.97. The van der Waals surface area contributed by atoms with Gasteiger partial charge < -0.3 is 21.5 Å². The first-order valence-electron chi connectivity index (χ1n) is 7.77. The highest BCUT2D eigenvalue weighted by atomic mass is 16.5. The molecule has 1 aliphatic rings. The van der Waals surface area contributed by atoms with Crippen LogP contribution in [0.4, 0.5) is 5.69 Å². The zero-order valence-electron chi connectivity index (χ0n) is 13.7. The van der Waals surface area contributed by atoms with Crippen LogP contribution in [0.5, 0.6) is 5.75 Å². The fraction of sp³-hybridized carbons (Fsp3) is 0.167. The number of rotatable bonds is 3. The molecule has 25 heavy (non-hydrogen) atoms. The second-order valence-corrected chi connectivity index (χ2v) is 5.75. The van der Waals surface area contributed by atoms with Gasteiger partial charge >= 0.3 is 5.97 Å². The molecule has 0 unspecified atom stereocenters. The van der Waals surface area contributed by atoms with Crippen LogP contribution in [0.25, 0.3) is 0 Å². The van der Waals surface area contributed by atoms with Gasteiger partial charge in [-0.15, -0.1) is 0 Å². The van der Waals surface area contributed by atoms with Gasteiger partial charge in [-0.05, 0) is 60.9 Å². The number of hydrogen-bond acceptors (Lipinski definition) is 4. The van der Waals surface area contributed by atoms with E-state index in [0.717, 1.165) is 5.56 Å². The third-order valence-electron chi connectivity index (χ3n) is 3.90. The van der Waals surface area contributed by atoms with Crippen LogP contribution in [0, 0.1) is 6.92 Å². The fourth-order valence-corrected chi connectivity index (χ4v) is 2.73. The maximum atomic E-state index is 12.4. The molecule has 3 rings (SSSR count). The normalized spacial score (nSPS) is 12.8. The molecule has 0 aromatic heterocycles. The van der Waals surface area contributed by atoms with Crippen LogP contribution in [-0.4, -0.2) is 24.4 Å². The van der Waals surface area contributed by atoms with E-state index in [2.05, 4.69) is 10.3 Å². The van der Waals surface area contributed by atoms with Crippen LogP contribution in [0.3, 0.4) is 0 Å². The van der Waals surface area contributed by atoms with E-state index >= 15 is 0 Å². The van der Waals surface area contributed by atoms with Crippen molar-refractivity contribution < 1.29 is 14.3 Å². The van der Waals surface area contributed by atoms with Gasteiger partial charge in [0, 0.05) is 12.1 Å². The number of ether oxygens (including phenoxy) is 1. The number of carbonyl (C=O) groups excluding carboxylic acids is 2. The second kappa shape index (κ2) is 6.64. The lowest BCUT2D eigenvalue weighted by atomic mass is 10.0. The molecule has 0 aliphatic carbocycles. The van der Waals surface area contributed by atoms with Crippen molar-refractivity contribution in [2.24, 2.45) is 16.5 Å². The molecule has 0 saturated heterocycles. The Bertz CT molecular complexity index is 886. The van der Waals surface area contributed by atoms with Crippen LogP contribution < -0.4 is 21.5 Å². The number of benzene rings is 2. The summed E-state index contributed by atoms with van der Waals surface area (Å²) in [5.41, 5.74) is 13.9. The van der Waals surface area contributed by atoms with Crippen molar-refractivity contribution >= 4 is 23.5 Å². The number of aryl methyl sites for hydroxylation is 1. The molecule has 2 aromatic carbocycles. The molecular formula is C18H18N4O3. The van der Waals surface area contributed by atoms with Crippen LogP contribution in [-0.2, 0) is 6.42 Å². The first kappa shape index (κ1) is 16.5. The summed E-state index contributed by atoms with van der Waals surface area (Å²) >= 11 is 0. The van der Waals surface area contributed by atoms with E-state index in [1.54, 1.807) is 43.3 Å². The molecule has 1 amide bonds. The van der Waals surface area contributed by atoms with Crippen molar-refractivity contribution in [3.05, 3.63) is 58.7 Å². The van der Waals surface area contributed by atoms with E-state index in [9.17, 15) is 9.59 Å². The fourth-order valence-electron chi connectivity index (χ4n) is 2.73. The first-order chi connectivity index (χ1) is 11.9. The van der Waals surface area contributed by atoms with E-state index < -0.39 is 5.97 Å². The van der Waals surface area contributed by atoms with E-state index in [4.69, 9.17) is 16.2 Å². The largest absolute Gasteiger partial charge is 0.423 e. The van der Waals surface area contributed by atoms with Crippen molar-refractivity contribution in [3.63, 3.8) is 0 Å². The molecule has 7 heteroatoms. The average molecular weight is 338 g/mol. The Hall–Kier alpha value is -3.35. The molecule has 0 radical (unpaired) electrons. The highest BCUT2D eigenvalue weighted by molar-refractivity contribution is 5.97. The van der Waals surface area contributed by atoms with Crippen LogP contribution in [0.2, 0.25) is 0 Å². The molecule has 1 aliphatic heterocycles. The van der Waals surface area contributed by atoms with Crippen molar-refractivity contribution in [1.29, 1.82) is 0 Å². The van der Waals surface area contributed by atoms with Crippen LogP contribution in [0.15, 0.2) is 41.4 Å². The number of nitrogens with two attached hydrogens (primary N) is 2. The predicted octanol–water partition coefficient (Wildman–Crippen LogP) is 1.41.